The summed E-state index contributed by atoms with van der Waals surface area (Å²) in [6, 6.07) is 19.9. The molecule has 0 aromatic heterocycles. The molecule has 30 heavy (non-hydrogen) atoms. The first-order chi connectivity index (χ1) is 14.0. The number of benzene rings is 3. The predicted octanol–water partition coefficient (Wildman–Crippen LogP) is 5.69. The van der Waals surface area contributed by atoms with Crippen LogP contribution in [0, 0.1) is 0 Å². The van der Waals surface area contributed by atoms with E-state index < -0.39 is 10.0 Å². The fraction of sp³-hybridized carbons (Fsp3) is 0.174. The van der Waals surface area contributed by atoms with Crippen LogP contribution < -0.4 is 10.0 Å². The van der Waals surface area contributed by atoms with E-state index in [1.165, 1.54) is 24.3 Å². The molecule has 0 fully saturated rings. The first-order valence-corrected chi connectivity index (χ1v) is 11.2. The first kappa shape index (κ1) is 21.9. The Labute approximate surface area is 182 Å². The van der Waals surface area contributed by atoms with E-state index in [2.05, 4.69) is 30.8 Å². The Morgan fingerprint density at radius 3 is 2.07 bits per heavy atom. The summed E-state index contributed by atoms with van der Waals surface area (Å²) in [4.78, 5) is 12.7. The highest BCUT2D eigenvalue weighted by Crippen LogP contribution is 2.24. The van der Waals surface area contributed by atoms with E-state index in [0.717, 1.165) is 5.56 Å². The third-order valence-corrected chi connectivity index (χ3v) is 6.16. The summed E-state index contributed by atoms with van der Waals surface area (Å²) in [5.74, 6) is -0.270. The van der Waals surface area contributed by atoms with Gasteiger partial charge in [0.1, 0.15) is 0 Å². The van der Waals surface area contributed by atoms with Crippen molar-refractivity contribution in [3.63, 3.8) is 0 Å². The van der Waals surface area contributed by atoms with Crippen LogP contribution in [-0.4, -0.2) is 14.3 Å². The quantitative estimate of drug-likeness (QED) is 0.532. The summed E-state index contributed by atoms with van der Waals surface area (Å²) in [5, 5.41) is 3.25. The molecule has 7 heteroatoms. The highest BCUT2D eigenvalue weighted by atomic mass is 35.5. The minimum Gasteiger partial charge on any atom is -0.322 e. The number of amides is 1. The summed E-state index contributed by atoms with van der Waals surface area (Å²) in [6.07, 6.45) is 0. The second-order valence-electron chi connectivity index (χ2n) is 7.92. The maximum Gasteiger partial charge on any atom is 0.261 e. The molecular weight excluding hydrogens is 420 g/mol. The highest BCUT2D eigenvalue weighted by Gasteiger charge is 2.16. The summed E-state index contributed by atoms with van der Waals surface area (Å²) in [5.41, 5.74) is 2.49. The highest BCUT2D eigenvalue weighted by molar-refractivity contribution is 7.92. The standard InChI is InChI=1S/C23H23ClN2O3S/c1-23(2,3)17-9-7-16(8-10-17)22(27)25-19-5-4-6-20(15-19)26-30(28,29)21-13-11-18(24)12-14-21/h4-15,26H,1-3H3,(H,25,27). The van der Waals surface area contributed by atoms with Gasteiger partial charge in [-0.15, -0.1) is 0 Å². The lowest BCUT2D eigenvalue weighted by Gasteiger charge is -2.19. The molecule has 0 saturated carbocycles. The zero-order valence-corrected chi connectivity index (χ0v) is 18.5. The Balaban J connectivity index is 1.74. The Morgan fingerprint density at radius 2 is 1.47 bits per heavy atom. The molecule has 0 aliphatic heterocycles. The topological polar surface area (TPSA) is 75.3 Å². The van der Waals surface area contributed by atoms with Gasteiger partial charge in [0.2, 0.25) is 0 Å². The number of hydrogen-bond donors (Lipinski definition) is 2. The van der Waals surface area contributed by atoms with Crippen molar-refractivity contribution in [2.75, 3.05) is 10.0 Å². The van der Waals surface area contributed by atoms with Crippen LogP contribution in [0.5, 0.6) is 0 Å². The van der Waals surface area contributed by atoms with Crippen molar-refractivity contribution in [2.45, 2.75) is 31.1 Å². The number of halogens is 1. The molecular formula is C23H23ClN2O3S. The maximum atomic E-state index is 12.6. The molecule has 0 heterocycles. The van der Waals surface area contributed by atoms with Gasteiger partial charge < -0.3 is 5.32 Å². The third-order valence-electron chi connectivity index (χ3n) is 4.51. The zero-order chi connectivity index (χ0) is 21.9. The average molecular weight is 443 g/mol. The summed E-state index contributed by atoms with van der Waals surface area (Å²) < 4.78 is 27.6. The zero-order valence-electron chi connectivity index (χ0n) is 16.9. The smallest absolute Gasteiger partial charge is 0.261 e. The van der Waals surface area contributed by atoms with Crippen LogP contribution in [0.25, 0.3) is 0 Å². The van der Waals surface area contributed by atoms with Gasteiger partial charge >= 0.3 is 0 Å². The van der Waals surface area contributed by atoms with Crippen LogP contribution in [0.4, 0.5) is 11.4 Å². The first-order valence-electron chi connectivity index (χ1n) is 9.35. The monoisotopic (exact) mass is 442 g/mol. The molecule has 0 radical (unpaired) electrons. The van der Waals surface area contributed by atoms with Crippen LogP contribution >= 0.6 is 11.6 Å². The van der Waals surface area contributed by atoms with Crippen LogP contribution in [0.3, 0.4) is 0 Å². The van der Waals surface area contributed by atoms with E-state index in [4.69, 9.17) is 11.6 Å². The van der Waals surface area contributed by atoms with Crippen molar-refractivity contribution < 1.29 is 13.2 Å². The minimum absolute atomic E-state index is 0.00455. The van der Waals surface area contributed by atoms with Crippen molar-refractivity contribution in [1.82, 2.24) is 0 Å². The van der Waals surface area contributed by atoms with Gasteiger partial charge in [0.25, 0.3) is 15.9 Å². The summed E-state index contributed by atoms with van der Waals surface area (Å²) in [7, 11) is -3.77. The Bertz CT molecular complexity index is 1150. The summed E-state index contributed by atoms with van der Waals surface area (Å²) >= 11 is 5.82. The van der Waals surface area contributed by atoms with E-state index in [1.807, 2.05) is 12.1 Å². The van der Waals surface area contributed by atoms with Gasteiger partial charge in [-0.2, -0.15) is 0 Å². The second-order valence-corrected chi connectivity index (χ2v) is 10.0. The fourth-order valence-corrected chi connectivity index (χ4v) is 3.99. The molecule has 3 rings (SSSR count). The van der Waals surface area contributed by atoms with E-state index in [-0.39, 0.29) is 16.2 Å². The number of hydrogen-bond acceptors (Lipinski definition) is 3. The Hall–Kier alpha value is -2.83. The van der Waals surface area contributed by atoms with Crippen LogP contribution in [0.1, 0.15) is 36.7 Å². The lowest BCUT2D eigenvalue weighted by Crippen LogP contribution is -2.15. The lowest BCUT2D eigenvalue weighted by atomic mass is 9.87. The van der Waals surface area contributed by atoms with Gasteiger partial charge in [-0.1, -0.05) is 50.6 Å². The fourth-order valence-electron chi connectivity index (χ4n) is 2.81. The van der Waals surface area contributed by atoms with Crippen LogP contribution in [0.2, 0.25) is 5.02 Å². The molecule has 0 aliphatic rings. The van der Waals surface area contributed by atoms with Gasteiger partial charge in [0.15, 0.2) is 0 Å². The van der Waals surface area contributed by atoms with Gasteiger partial charge in [-0.25, -0.2) is 8.42 Å². The number of carbonyl (C=O) groups is 1. The molecule has 2 N–H and O–H groups in total. The van der Waals surface area contributed by atoms with E-state index in [1.54, 1.807) is 36.4 Å². The molecule has 0 bridgehead atoms. The van der Waals surface area contributed by atoms with E-state index >= 15 is 0 Å². The molecule has 0 saturated heterocycles. The summed E-state index contributed by atoms with van der Waals surface area (Å²) in [6.45, 7) is 6.33. The van der Waals surface area contributed by atoms with E-state index in [9.17, 15) is 13.2 Å². The van der Waals surface area contributed by atoms with Crippen molar-refractivity contribution in [2.24, 2.45) is 0 Å². The number of nitrogens with one attached hydrogen (secondary N) is 2. The van der Waals surface area contributed by atoms with Crippen molar-refractivity contribution in [1.29, 1.82) is 0 Å². The Morgan fingerprint density at radius 1 is 0.867 bits per heavy atom. The normalized spacial score (nSPS) is 11.7. The molecule has 0 atom stereocenters. The number of sulfonamides is 1. The van der Waals surface area contributed by atoms with Gasteiger partial charge in [-0.05, 0) is 65.6 Å². The maximum absolute atomic E-state index is 12.6. The second kappa shape index (κ2) is 8.50. The molecule has 3 aromatic rings. The molecule has 156 valence electrons. The number of rotatable bonds is 5. The average Bonchev–Trinajstić information content (AvgIpc) is 2.67. The predicted molar refractivity (Wildman–Crippen MR) is 122 cm³/mol. The van der Waals surface area contributed by atoms with Crippen molar-refractivity contribution >= 4 is 38.9 Å². The van der Waals surface area contributed by atoms with Gasteiger partial charge in [0.05, 0.1) is 10.6 Å². The lowest BCUT2D eigenvalue weighted by molar-refractivity contribution is 0.102. The van der Waals surface area contributed by atoms with Crippen molar-refractivity contribution in [3.05, 3.63) is 88.9 Å². The van der Waals surface area contributed by atoms with Gasteiger partial charge in [0, 0.05) is 16.3 Å². The molecule has 0 unspecified atom stereocenters. The minimum atomic E-state index is -3.77. The van der Waals surface area contributed by atoms with E-state index in [0.29, 0.717) is 22.0 Å². The van der Waals surface area contributed by atoms with Crippen molar-refractivity contribution in [3.8, 4) is 0 Å². The largest absolute Gasteiger partial charge is 0.322 e. The third kappa shape index (κ3) is 5.40. The van der Waals surface area contributed by atoms with Crippen LogP contribution in [0.15, 0.2) is 77.7 Å². The molecule has 0 spiro atoms. The molecule has 1 amide bonds. The SMILES string of the molecule is CC(C)(C)c1ccc(C(=O)Nc2cccc(NS(=O)(=O)c3ccc(Cl)cc3)c2)cc1. The van der Waals surface area contributed by atoms with Crippen LogP contribution in [-0.2, 0) is 15.4 Å². The molecule has 5 nitrogen and oxygen atoms in total. The number of anilines is 2. The van der Waals surface area contributed by atoms with Gasteiger partial charge in [-0.3, -0.25) is 9.52 Å². The molecule has 0 aliphatic carbocycles. The Kier molecular flexibility index (Phi) is 6.19. The molecule has 3 aromatic carbocycles. The number of carbonyl (C=O) groups excluding carboxylic acids is 1.